The van der Waals surface area contributed by atoms with Gasteiger partial charge in [0.2, 0.25) is 11.8 Å². The molecule has 2 aromatic rings. The third-order valence-corrected chi connectivity index (χ3v) is 3.79. The quantitative estimate of drug-likeness (QED) is 0.405. The van der Waals surface area contributed by atoms with E-state index in [1.54, 1.807) is 19.3 Å². The molecule has 0 aromatic heterocycles. The highest BCUT2D eigenvalue weighted by Crippen LogP contribution is 2.18. The number of hydrogen-bond acceptors (Lipinski definition) is 4. The zero-order chi connectivity index (χ0) is 19.5. The van der Waals surface area contributed by atoms with Gasteiger partial charge in [-0.25, -0.2) is 0 Å². The van der Waals surface area contributed by atoms with E-state index in [2.05, 4.69) is 16.2 Å². The van der Waals surface area contributed by atoms with Crippen LogP contribution < -0.4 is 20.9 Å². The molecule has 0 radical (unpaired) electrons. The van der Waals surface area contributed by atoms with E-state index in [1.807, 2.05) is 48.5 Å². The Kier molecular flexibility index (Phi) is 7.99. The minimum absolute atomic E-state index is 0.0118. The van der Waals surface area contributed by atoms with Crippen molar-refractivity contribution in [1.29, 1.82) is 0 Å². The number of hydrazine groups is 1. The fourth-order valence-electron chi connectivity index (χ4n) is 2.25. The van der Waals surface area contributed by atoms with Crippen LogP contribution >= 0.6 is 12.2 Å². The van der Waals surface area contributed by atoms with Gasteiger partial charge in [-0.3, -0.25) is 25.8 Å². The lowest BCUT2D eigenvalue weighted by atomic mass is 10.1. The maximum absolute atomic E-state index is 11.9. The predicted octanol–water partition coefficient (Wildman–Crippen LogP) is 2.36. The van der Waals surface area contributed by atoms with E-state index in [9.17, 15) is 9.59 Å². The summed E-state index contributed by atoms with van der Waals surface area (Å²) in [7, 11) is 1.56. The molecule has 0 aliphatic carbocycles. The number of hydrogen-bond donors (Lipinski definition) is 3. The standard InChI is InChI=1S/C20H21N3O3S/c1-26-17-10-6-5-9-16(17)12-14-18(24)21-20(27)23-22-19(25)13-11-15-7-3-2-4-8-15/h2-10,12,14H,11,13H2,1H3,(H,22,25)(H2,21,23,24,27). The highest BCUT2D eigenvalue weighted by atomic mass is 32.1. The van der Waals surface area contributed by atoms with Crippen molar-refractivity contribution < 1.29 is 14.3 Å². The SMILES string of the molecule is COc1ccccc1C=CC(=O)NC(=S)NNC(=O)CCc1ccccc1. The second kappa shape index (κ2) is 10.7. The van der Waals surface area contributed by atoms with Gasteiger partial charge in [-0.15, -0.1) is 0 Å². The van der Waals surface area contributed by atoms with Crippen molar-refractivity contribution in [3.63, 3.8) is 0 Å². The van der Waals surface area contributed by atoms with E-state index in [4.69, 9.17) is 17.0 Å². The van der Waals surface area contributed by atoms with Gasteiger partial charge < -0.3 is 4.74 Å². The van der Waals surface area contributed by atoms with Gasteiger partial charge >= 0.3 is 0 Å². The first-order valence-corrected chi connectivity index (χ1v) is 8.74. The molecule has 0 aliphatic rings. The first kappa shape index (κ1) is 20.1. The molecule has 0 heterocycles. The summed E-state index contributed by atoms with van der Waals surface area (Å²) in [5.74, 6) is 0.0184. The van der Waals surface area contributed by atoms with Crippen LogP contribution in [0.25, 0.3) is 6.08 Å². The Morgan fingerprint density at radius 1 is 1.04 bits per heavy atom. The number of ether oxygens (including phenoxy) is 1. The maximum Gasteiger partial charge on any atom is 0.250 e. The van der Waals surface area contributed by atoms with Crippen LogP contribution in [0.15, 0.2) is 60.7 Å². The van der Waals surface area contributed by atoms with Crippen molar-refractivity contribution in [2.45, 2.75) is 12.8 Å². The van der Waals surface area contributed by atoms with Gasteiger partial charge in [-0.2, -0.15) is 0 Å². The van der Waals surface area contributed by atoms with E-state index in [0.717, 1.165) is 11.1 Å². The second-order valence-electron chi connectivity index (χ2n) is 5.55. The summed E-state index contributed by atoms with van der Waals surface area (Å²) in [6.07, 6.45) is 3.88. The van der Waals surface area contributed by atoms with E-state index >= 15 is 0 Å². The maximum atomic E-state index is 11.9. The molecule has 2 rings (SSSR count). The minimum Gasteiger partial charge on any atom is -0.496 e. The molecular formula is C20H21N3O3S. The van der Waals surface area contributed by atoms with Crippen LogP contribution in [-0.2, 0) is 16.0 Å². The van der Waals surface area contributed by atoms with Crippen molar-refractivity contribution in [2.75, 3.05) is 7.11 Å². The molecule has 2 aromatic carbocycles. The number of carbonyl (C=O) groups is 2. The number of rotatable bonds is 6. The lowest BCUT2D eigenvalue weighted by Crippen LogP contribution is -2.48. The van der Waals surface area contributed by atoms with Crippen molar-refractivity contribution in [2.24, 2.45) is 0 Å². The Bertz CT molecular complexity index is 822. The smallest absolute Gasteiger partial charge is 0.250 e. The second-order valence-corrected chi connectivity index (χ2v) is 5.96. The monoisotopic (exact) mass is 383 g/mol. The zero-order valence-electron chi connectivity index (χ0n) is 14.9. The summed E-state index contributed by atoms with van der Waals surface area (Å²) >= 11 is 4.99. The van der Waals surface area contributed by atoms with Gasteiger partial charge in [0.15, 0.2) is 5.11 Å². The Labute approximate surface area is 163 Å². The fourth-order valence-corrected chi connectivity index (χ4v) is 2.40. The number of amides is 2. The Hall–Kier alpha value is -3.19. The van der Waals surface area contributed by atoms with Crippen molar-refractivity contribution >= 4 is 35.2 Å². The molecule has 0 spiro atoms. The molecule has 7 heteroatoms. The Morgan fingerprint density at radius 3 is 2.48 bits per heavy atom. The fraction of sp³-hybridized carbons (Fsp3) is 0.150. The number of para-hydroxylation sites is 1. The molecule has 0 saturated carbocycles. The van der Waals surface area contributed by atoms with Crippen LogP contribution in [0.3, 0.4) is 0 Å². The summed E-state index contributed by atoms with van der Waals surface area (Å²) in [6, 6.07) is 17.0. The third kappa shape index (κ3) is 7.29. The van der Waals surface area contributed by atoms with E-state index in [0.29, 0.717) is 18.6 Å². The van der Waals surface area contributed by atoms with Gasteiger partial charge in [0.25, 0.3) is 0 Å². The van der Waals surface area contributed by atoms with E-state index in [1.165, 1.54) is 6.08 Å². The predicted molar refractivity (Wildman–Crippen MR) is 109 cm³/mol. The van der Waals surface area contributed by atoms with Gasteiger partial charge in [0, 0.05) is 18.1 Å². The molecule has 0 atom stereocenters. The first-order chi connectivity index (χ1) is 13.1. The first-order valence-electron chi connectivity index (χ1n) is 8.33. The normalized spacial score (nSPS) is 10.3. The van der Waals surface area contributed by atoms with Crippen LogP contribution in [0.2, 0.25) is 0 Å². The topological polar surface area (TPSA) is 79.5 Å². The average Bonchev–Trinajstić information content (AvgIpc) is 2.70. The number of nitrogens with one attached hydrogen (secondary N) is 3. The van der Waals surface area contributed by atoms with Crippen molar-refractivity contribution in [3.8, 4) is 5.75 Å². The molecule has 0 saturated heterocycles. The van der Waals surface area contributed by atoms with Gasteiger partial charge in [0.1, 0.15) is 5.75 Å². The van der Waals surface area contributed by atoms with E-state index in [-0.39, 0.29) is 11.0 Å². The number of thiocarbonyl (C=S) groups is 1. The van der Waals surface area contributed by atoms with Crippen LogP contribution in [0.4, 0.5) is 0 Å². The van der Waals surface area contributed by atoms with Crippen LogP contribution in [-0.4, -0.2) is 24.0 Å². The number of methoxy groups -OCH3 is 1. The molecule has 27 heavy (non-hydrogen) atoms. The summed E-state index contributed by atoms with van der Waals surface area (Å²) in [5.41, 5.74) is 6.81. The molecule has 0 fully saturated rings. The number of carbonyl (C=O) groups excluding carboxylic acids is 2. The van der Waals surface area contributed by atoms with Gasteiger partial charge in [-0.1, -0.05) is 48.5 Å². The van der Waals surface area contributed by atoms with E-state index < -0.39 is 5.91 Å². The highest BCUT2D eigenvalue weighted by molar-refractivity contribution is 7.80. The van der Waals surface area contributed by atoms with Crippen LogP contribution in [0.1, 0.15) is 17.5 Å². The Balaban J connectivity index is 1.72. The number of aryl methyl sites for hydroxylation is 1. The average molecular weight is 383 g/mol. The Morgan fingerprint density at radius 2 is 1.74 bits per heavy atom. The largest absolute Gasteiger partial charge is 0.496 e. The number of benzene rings is 2. The zero-order valence-corrected chi connectivity index (χ0v) is 15.7. The third-order valence-electron chi connectivity index (χ3n) is 3.59. The van der Waals surface area contributed by atoms with Gasteiger partial charge in [-0.05, 0) is 36.3 Å². The van der Waals surface area contributed by atoms with Crippen LogP contribution in [0.5, 0.6) is 5.75 Å². The summed E-state index contributed by atoms with van der Waals surface area (Å²) in [4.78, 5) is 23.7. The molecule has 140 valence electrons. The molecule has 2 amide bonds. The molecule has 0 bridgehead atoms. The lowest BCUT2D eigenvalue weighted by molar-refractivity contribution is -0.121. The molecular weight excluding hydrogens is 362 g/mol. The molecule has 3 N–H and O–H groups in total. The molecule has 0 aliphatic heterocycles. The minimum atomic E-state index is -0.419. The summed E-state index contributed by atoms with van der Waals surface area (Å²) in [6.45, 7) is 0. The van der Waals surface area contributed by atoms with Crippen molar-refractivity contribution in [3.05, 3.63) is 71.8 Å². The van der Waals surface area contributed by atoms with Crippen molar-refractivity contribution in [1.82, 2.24) is 16.2 Å². The lowest BCUT2D eigenvalue weighted by Gasteiger charge is -2.09. The summed E-state index contributed by atoms with van der Waals surface area (Å²) < 4.78 is 5.21. The summed E-state index contributed by atoms with van der Waals surface area (Å²) in [5, 5.41) is 2.47. The van der Waals surface area contributed by atoms with Gasteiger partial charge in [0.05, 0.1) is 7.11 Å². The van der Waals surface area contributed by atoms with Crippen LogP contribution in [0, 0.1) is 0 Å². The molecule has 6 nitrogen and oxygen atoms in total. The molecule has 0 unspecified atom stereocenters. The highest BCUT2D eigenvalue weighted by Gasteiger charge is 2.05.